The van der Waals surface area contributed by atoms with Crippen LogP contribution in [-0.4, -0.2) is 29.0 Å². The summed E-state index contributed by atoms with van der Waals surface area (Å²) in [4.78, 5) is 30.2. The maximum atomic E-state index is 13.2. The van der Waals surface area contributed by atoms with Crippen LogP contribution in [0.25, 0.3) is 22.5 Å². The molecular formula is C27H19N3O5. The van der Waals surface area contributed by atoms with Crippen molar-refractivity contribution < 1.29 is 18.7 Å². The number of rotatable bonds is 6. The zero-order valence-corrected chi connectivity index (χ0v) is 18.6. The van der Waals surface area contributed by atoms with Gasteiger partial charge in [-0.15, -0.1) is 0 Å². The van der Waals surface area contributed by atoms with E-state index in [0.29, 0.717) is 33.5 Å². The van der Waals surface area contributed by atoms with Crippen molar-refractivity contribution in [2.75, 3.05) is 7.11 Å². The molecule has 8 heteroatoms. The van der Waals surface area contributed by atoms with Crippen LogP contribution in [0.2, 0.25) is 0 Å². The molecule has 2 heterocycles. The summed E-state index contributed by atoms with van der Waals surface area (Å²) in [5.74, 6) is 0.788. The van der Waals surface area contributed by atoms with Crippen LogP contribution in [0.15, 0.2) is 106 Å². The topological polar surface area (TPSA) is 95.9 Å². The Bertz CT molecular complexity index is 1590. The fourth-order valence-electron chi connectivity index (χ4n) is 3.50. The highest BCUT2D eigenvalue weighted by molar-refractivity contribution is 5.91. The standard InChI is InChI=1S/C27H19N3O5/c1-33-24-16-18(13-14-22(24)35-27(32)19-8-3-2-4-9-19)17-28-30-25(23-12-7-15-34-23)29-21-11-6-5-10-20(21)26(30)31/h2-17H,1H3. The minimum Gasteiger partial charge on any atom is -0.493 e. The molecule has 0 bridgehead atoms. The maximum absolute atomic E-state index is 13.2. The number of hydrogen-bond acceptors (Lipinski definition) is 7. The smallest absolute Gasteiger partial charge is 0.343 e. The minimum absolute atomic E-state index is 0.263. The van der Waals surface area contributed by atoms with Crippen LogP contribution in [-0.2, 0) is 0 Å². The molecule has 0 amide bonds. The number of ether oxygens (including phenoxy) is 2. The fourth-order valence-corrected chi connectivity index (χ4v) is 3.50. The van der Waals surface area contributed by atoms with E-state index < -0.39 is 5.97 Å². The third-order valence-corrected chi connectivity index (χ3v) is 5.22. The van der Waals surface area contributed by atoms with Gasteiger partial charge in [0.05, 0.1) is 36.1 Å². The molecule has 0 N–H and O–H groups in total. The maximum Gasteiger partial charge on any atom is 0.343 e. The molecule has 3 aromatic carbocycles. The third-order valence-electron chi connectivity index (χ3n) is 5.22. The van der Waals surface area contributed by atoms with E-state index in [0.717, 1.165) is 0 Å². The molecule has 0 radical (unpaired) electrons. The van der Waals surface area contributed by atoms with Crippen LogP contribution < -0.4 is 15.0 Å². The summed E-state index contributed by atoms with van der Waals surface area (Å²) in [5.41, 5.74) is 1.25. The number of fused-ring (bicyclic) bond motifs is 1. The van der Waals surface area contributed by atoms with Crippen molar-refractivity contribution in [2.45, 2.75) is 0 Å². The van der Waals surface area contributed by atoms with Crippen molar-refractivity contribution >= 4 is 23.1 Å². The fraction of sp³-hybridized carbons (Fsp3) is 0.0370. The molecule has 0 aliphatic heterocycles. The van der Waals surface area contributed by atoms with Gasteiger partial charge in [-0.2, -0.15) is 9.78 Å². The molecule has 0 aliphatic rings. The van der Waals surface area contributed by atoms with Gasteiger partial charge >= 0.3 is 5.97 Å². The molecule has 0 unspecified atom stereocenters. The molecule has 0 atom stereocenters. The van der Waals surface area contributed by atoms with Gasteiger partial charge in [-0.1, -0.05) is 30.3 Å². The van der Waals surface area contributed by atoms with Crippen molar-refractivity contribution in [3.8, 4) is 23.1 Å². The average Bonchev–Trinajstić information content (AvgIpc) is 3.44. The molecule has 8 nitrogen and oxygen atoms in total. The van der Waals surface area contributed by atoms with Crippen molar-refractivity contribution in [2.24, 2.45) is 5.10 Å². The highest BCUT2D eigenvalue weighted by Gasteiger charge is 2.15. The zero-order chi connectivity index (χ0) is 24.2. The Morgan fingerprint density at radius 1 is 0.971 bits per heavy atom. The molecule has 0 aliphatic carbocycles. The largest absolute Gasteiger partial charge is 0.493 e. The van der Waals surface area contributed by atoms with Gasteiger partial charge in [-0.3, -0.25) is 4.79 Å². The van der Waals surface area contributed by atoms with Gasteiger partial charge < -0.3 is 13.9 Å². The number of benzene rings is 3. The Kier molecular flexibility index (Phi) is 5.92. The second-order valence-corrected chi connectivity index (χ2v) is 7.46. The van der Waals surface area contributed by atoms with Gasteiger partial charge in [0.15, 0.2) is 17.3 Å². The highest BCUT2D eigenvalue weighted by Crippen LogP contribution is 2.28. The van der Waals surface area contributed by atoms with Crippen LogP contribution in [0.5, 0.6) is 11.5 Å². The number of esters is 1. The number of methoxy groups -OCH3 is 1. The first-order valence-corrected chi connectivity index (χ1v) is 10.7. The number of carbonyl (C=O) groups excluding carboxylic acids is 1. The van der Waals surface area contributed by atoms with Gasteiger partial charge in [-0.25, -0.2) is 9.78 Å². The average molecular weight is 465 g/mol. The summed E-state index contributed by atoms with van der Waals surface area (Å²) in [6.45, 7) is 0. The molecule has 5 rings (SSSR count). The van der Waals surface area contributed by atoms with E-state index in [9.17, 15) is 9.59 Å². The molecule has 2 aromatic heterocycles. The molecule has 0 spiro atoms. The normalized spacial score (nSPS) is 11.1. The molecule has 0 saturated heterocycles. The quantitative estimate of drug-likeness (QED) is 0.204. The first kappa shape index (κ1) is 21.8. The van der Waals surface area contributed by atoms with E-state index >= 15 is 0 Å². The van der Waals surface area contributed by atoms with E-state index in [4.69, 9.17) is 13.9 Å². The summed E-state index contributed by atoms with van der Waals surface area (Å²) in [6, 6.07) is 24.1. The van der Waals surface area contributed by atoms with Gasteiger partial charge in [0.2, 0.25) is 5.82 Å². The van der Waals surface area contributed by atoms with Gasteiger partial charge in [0, 0.05) is 0 Å². The summed E-state index contributed by atoms with van der Waals surface area (Å²) < 4.78 is 17.6. The molecule has 172 valence electrons. The van der Waals surface area contributed by atoms with Gasteiger partial charge in [0.1, 0.15) is 0 Å². The van der Waals surface area contributed by atoms with Gasteiger partial charge in [0.25, 0.3) is 5.56 Å². The Labute approximate surface area is 199 Å². The first-order valence-electron chi connectivity index (χ1n) is 10.7. The Morgan fingerprint density at radius 3 is 2.54 bits per heavy atom. The second kappa shape index (κ2) is 9.48. The van der Waals surface area contributed by atoms with E-state index in [1.54, 1.807) is 72.8 Å². The number of aromatic nitrogens is 2. The number of furan rings is 1. The number of para-hydroxylation sites is 1. The Hall–Kier alpha value is -4.98. The van der Waals surface area contributed by atoms with Crippen LogP contribution in [0.1, 0.15) is 15.9 Å². The lowest BCUT2D eigenvalue weighted by atomic mass is 10.2. The van der Waals surface area contributed by atoms with Crippen molar-refractivity contribution in [3.05, 3.63) is 113 Å². The van der Waals surface area contributed by atoms with E-state index in [2.05, 4.69) is 10.1 Å². The van der Waals surface area contributed by atoms with Crippen molar-refractivity contribution in [1.82, 2.24) is 9.66 Å². The lowest BCUT2D eigenvalue weighted by Crippen LogP contribution is -2.20. The lowest BCUT2D eigenvalue weighted by Gasteiger charge is -2.10. The Morgan fingerprint density at radius 2 is 1.77 bits per heavy atom. The van der Waals surface area contributed by atoms with E-state index in [1.165, 1.54) is 24.3 Å². The number of carbonyl (C=O) groups is 1. The summed E-state index contributed by atoms with van der Waals surface area (Å²) in [7, 11) is 1.48. The van der Waals surface area contributed by atoms with Crippen LogP contribution >= 0.6 is 0 Å². The molecule has 0 fully saturated rings. The van der Waals surface area contributed by atoms with Gasteiger partial charge in [-0.05, 0) is 60.2 Å². The highest BCUT2D eigenvalue weighted by atomic mass is 16.6. The first-order chi connectivity index (χ1) is 17.1. The van der Waals surface area contributed by atoms with E-state index in [-0.39, 0.29) is 17.1 Å². The molecule has 35 heavy (non-hydrogen) atoms. The SMILES string of the molecule is COc1cc(C=Nn2c(-c3ccco3)nc3ccccc3c2=O)ccc1OC(=O)c1ccccc1. The van der Waals surface area contributed by atoms with Crippen LogP contribution in [0.3, 0.4) is 0 Å². The molecule has 0 saturated carbocycles. The third kappa shape index (κ3) is 4.45. The summed E-state index contributed by atoms with van der Waals surface area (Å²) in [6.07, 6.45) is 3.00. The molecular weight excluding hydrogens is 446 g/mol. The van der Waals surface area contributed by atoms with Crippen LogP contribution in [0, 0.1) is 0 Å². The van der Waals surface area contributed by atoms with Crippen molar-refractivity contribution in [3.63, 3.8) is 0 Å². The number of nitrogens with zero attached hydrogens (tertiary/aromatic N) is 3. The lowest BCUT2D eigenvalue weighted by molar-refractivity contribution is 0.0729. The predicted molar refractivity (Wildman–Crippen MR) is 131 cm³/mol. The monoisotopic (exact) mass is 465 g/mol. The summed E-state index contributed by atoms with van der Waals surface area (Å²) in [5, 5.41) is 4.82. The van der Waals surface area contributed by atoms with Crippen LogP contribution in [0.4, 0.5) is 0 Å². The zero-order valence-electron chi connectivity index (χ0n) is 18.6. The number of hydrogen-bond donors (Lipinski definition) is 0. The second-order valence-electron chi connectivity index (χ2n) is 7.46. The minimum atomic E-state index is -0.498. The molecule has 5 aromatic rings. The Balaban J connectivity index is 1.50. The predicted octanol–water partition coefficient (Wildman–Crippen LogP) is 4.77. The summed E-state index contributed by atoms with van der Waals surface area (Å²) >= 11 is 0. The van der Waals surface area contributed by atoms with E-state index in [1.807, 2.05) is 12.1 Å². The van der Waals surface area contributed by atoms with Crippen molar-refractivity contribution in [1.29, 1.82) is 0 Å².